The Hall–Kier alpha value is -3.15. The number of benzene rings is 2. The van der Waals surface area contributed by atoms with E-state index in [0.29, 0.717) is 22.3 Å². The number of amides is 1. The van der Waals surface area contributed by atoms with E-state index >= 15 is 0 Å². The van der Waals surface area contributed by atoms with Crippen LogP contribution in [0.1, 0.15) is 47.7 Å². The standard InChI is InChI=1S/C23H23N3O3/c1-29-17-8-6-14(7-9-17)21(27)24-16-12-23(13-16)10-15(11-23)20-18-4-2-3-5-19(18)22(28)26-25-20/h2-9,15-16H,10-13H2,1H3,(H,24,27)(H,26,28). The van der Waals surface area contributed by atoms with E-state index < -0.39 is 0 Å². The summed E-state index contributed by atoms with van der Waals surface area (Å²) in [6, 6.07) is 15.1. The van der Waals surface area contributed by atoms with Crippen molar-refractivity contribution >= 4 is 16.7 Å². The van der Waals surface area contributed by atoms with E-state index in [1.165, 1.54) is 0 Å². The molecule has 2 aromatic carbocycles. The second-order valence-electron chi connectivity index (χ2n) is 8.40. The second kappa shape index (κ2) is 6.72. The molecule has 29 heavy (non-hydrogen) atoms. The predicted octanol–water partition coefficient (Wildman–Crippen LogP) is 3.39. The number of nitrogens with zero attached hydrogens (tertiary/aromatic N) is 1. The van der Waals surface area contributed by atoms with Crippen LogP contribution >= 0.6 is 0 Å². The molecule has 1 heterocycles. The van der Waals surface area contributed by atoms with Crippen LogP contribution in [0.25, 0.3) is 10.8 Å². The van der Waals surface area contributed by atoms with Gasteiger partial charge in [-0.1, -0.05) is 18.2 Å². The number of aromatic amines is 1. The number of carbonyl (C=O) groups excluding carboxylic acids is 1. The van der Waals surface area contributed by atoms with Gasteiger partial charge in [0.05, 0.1) is 18.2 Å². The molecular weight excluding hydrogens is 366 g/mol. The van der Waals surface area contributed by atoms with Crippen molar-refractivity contribution in [1.29, 1.82) is 0 Å². The minimum Gasteiger partial charge on any atom is -0.497 e. The summed E-state index contributed by atoms with van der Waals surface area (Å²) >= 11 is 0. The Labute approximate surface area is 168 Å². The van der Waals surface area contributed by atoms with Crippen LogP contribution in [0.5, 0.6) is 5.75 Å². The topological polar surface area (TPSA) is 84.1 Å². The van der Waals surface area contributed by atoms with E-state index in [0.717, 1.165) is 42.5 Å². The van der Waals surface area contributed by atoms with Crippen LogP contribution in [-0.4, -0.2) is 29.3 Å². The molecule has 0 unspecified atom stereocenters. The molecule has 0 bridgehead atoms. The molecule has 2 saturated carbocycles. The van der Waals surface area contributed by atoms with Crippen molar-refractivity contribution in [2.75, 3.05) is 7.11 Å². The van der Waals surface area contributed by atoms with Crippen molar-refractivity contribution in [3.63, 3.8) is 0 Å². The number of methoxy groups -OCH3 is 1. The first-order chi connectivity index (χ1) is 14.1. The minimum absolute atomic E-state index is 0.0309. The Balaban J connectivity index is 1.20. The first-order valence-corrected chi connectivity index (χ1v) is 9.99. The van der Waals surface area contributed by atoms with Crippen LogP contribution in [0.4, 0.5) is 0 Å². The number of carbonyl (C=O) groups is 1. The summed E-state index contributed by atoms with van der Waals surface area (Å²) in [6.07, 6.45) is 4.13. The average Bonchev–Trinajstić information content (AvgIpc) is 2.70. The Morgan fingerprint density at radius 1 is 1.07 bits per heavy atom. The van der Waals surface area contributed by atoms with E-state index in [4.69, 9.17) is 4.74 Å². The van der Waals surface area contributed by atoms with Gasteiger partial charge in [0, 0.05) is 22.9 Å². The Bertz CT molecular complexity index is 1120. The van der Waals surface area contributed by atoms with Gasteiger partial charge < -0.3 is 10.1 Å². The number of aromatic nitrogens is 2. The zero-order valence-corrected chi connectivity index (χ0v) is 16.3. The Morgan fingerprint density at radius 3 is 2.45 bits per heavy atom. The number of fused-ring (bicyclic) bond motifs is 1. The number of rotatable bonds is 4. The van der Waals surface area contributed by atoms with Crippen molar-refractivity contribution in [3.05, 3.63) is 70.1 Å². The summed E-state index contributed by atoms with van der Waals surface area (Å²) < 4.78 is 5.14. The molecule has 1 spiro atoms. The summed E-state index contributed by atoms with van der Waals surface area (Å²) in [7, 11) is 1.61. The van der Waals surface area contributed by atoms with Crippen LogP contribution in [-0.2, 0) is 0 Å². The third-order valence-corrected chi connectivity index (χ3v) is 6.52. The number of ether oxygens (including phenoxy) is 1. The molecule has 2 aliphatic carbocycles. The summed E-state index contributed by atoms with van der Waals surface area (Å²) in [5, 5.41) is 11.8. The van der Waals surface area contributed by atoms with Gasteiger partial charge >= 0.3 is 0 Å². The molecule has 0 radical (unpaired) electrons. The lowest BCUT2D eigenvalue weighted by molar-refractivity contribution is -0.0196. The van der Waals surface area contributed by atoms with Crippen LogP contribution in [0.3, 0.4) is 0 Å². The van der Waals surface area contributed by atoms with Gasteiger partial charge in [0.15, 0.2) is 0 Å². The molecule has 6 nitrogen and oxygen atoms in total. The highest BCUT2D eigenvalue weighted by Gasteiger charge is 2.54. The smallest absolute Gasteiger partial charge is 0.272 e. The molecule has 1 aromatic heterocycles. The molecule has 0 saturated heterocycles. The summed E-state index contributed by atoms with van der Waals surface area (Å²) in [5.41, 5.74) is 1.82. The SMILES string of the molecule is COc1ccc(C(=O)NC2CC3(C2)CC(c2n[nH]c(=O)c4ccccc24)C3)cc1. The van der Waals surface area contributed by atoms with Crippen LogP contribution in [0, 0.1) is 5.41 Å². The van der Waals surface area contributed by atoms with Crippen molar-refractivity contribution in [3.8, 4) is 5.75 Å². The largest absolute Gasteiger partial charge is 0.497 e. The van der Waals surface area contributed by atoms with E-state index in [1.54, 1.807) is 31.4 Å². The highest BCUT2D eigenvalue weighted by atomic mass is 16.5. The van der Waals surface area contributed by atoms with Gasteiger partial charge in [-0.2, -0.15) is 5.10 Å². The van der Waals surface area contributed by atoms with E-state index in [9.17, 15) is 9.59 Å². The molecule has 5 rings (SSSR count). The van der Waals surface area contributed by atoms with E-state index in [2.05, 4.69) is 15.5 Å². The third-order valence-electron chi connectivity index (χ3n) is 6.52. The van der Waals surface area contributed by atoms with Gasteiger partial charge in [-0.25, -0.2) is 5.10 Å². The molecule has 6 heteroatoms. The number of nitrogens with one attached hydrogen (secondary N) is 2. The molecule has 3 aromatic rings. The van der Waals surface area contributed by atoms with Gasteiger partial charge in [0.2, 0.25) is 0 Å². The monoisotopic (exact) mass is 389 g/mol. The maximum absolute atomic E-state index is 12.4. The fourth-order valence-corrected chi connectivity index (χ4v) is 5.06. The number of hydrogen-bond acceptors (Lipinski definition) is 4. The first-order valence-electron chi connectivity index (χ1n) is 9.99. The van der Waals surface area contributed by atoms with Crippen LogP contribution in [0.2, 0.25) is 0 Å². The lowest BCUT2D eigenvalue weighted by Crippen LogP contribution is -2.55. The zero-order valence-electron chi connectivity index (χ0n) is 16.3. The fourth-order valence-electron chi connectivity index (χ4n) is 5.06. The molecule has 2 aliphatic rings. The lowest BCUT2D eigenvalue weighted by atomic mass is 9.49. The molecule has 2 N–H and O–H groups in total. The van der Waals surface area contributed by atoms with Crippen LogP contribution < -0.4 is 15.6 Å². The molecular formula is C23H23N3O3. The molecule has 2 fully saturated rings. The quantitative estimate of drug-likeness (QED) is 0.716. The Kier molecular flexibility index (Phi) is 4.15. The third kappa shape index (κ3) is 3.09. The van der Waals surface area contributed by atoms with Gasteiger partial charge in [-0.3, -0.25) is 9.59 Å². The fraction of sp³-hybridized carbons (Fsp3) is 0.348. The highest BCUT2D eigenvalue weighted by Crippen LogP contribution is 2.62. The second-order valence-corrected chi connectivity index (χ2v) is 8.40. The van der Waals surface area contributed by atoms with Crippen molar-refractivity contribution in [1.82, 2.24) is 15.5 Å². The van der Waals surface area contributed by atoms with Gasteiger partial charge in [0.1, 0.15) is 5.75 Å². The van der Waals surface area contributed by atoms with E-state index in [1.807, 2.05) is 24.3 Å². The van der Waals surface area contributed by atoms with Gasteiger partial charge in [-0.05, 0) is 61.4 Å². The van der Waals surface area contributed by atoms with Crippen LogP contribution in [0.15, 0.2) is 53.3 Å². The average molecular weight is 389 g/mol. The number of hydrogen-bond donors (Lipinski definition) is 2. The lowest BCUT2D eigenvalue weighted by Gasteiger charge is -2.57. The minimum atomic E-state index is -0.136. The highest BCUT2D eigenvalue weighted by molar-refractivity contribution is 5.94. The number of H-pyrrole nitrogens is 1. The van der Waals surface area contributed by atoms with Crippen molar-refractivity contribution in [2.45, 2.75) is 37.6 Å². The Morgan fingerprint density at radius 2 is 1.76 bits per heavy atom. The first kappa shape index (κ1) is 17.9. The van der Waals surface area contributed by atoms with Crippen molar-refractivity contribution < 1.29 is 9.53 Å². The maximum Gasteiger partial charge on any atom is 0.272 e. The van der Waals surface area contributed by atoms with Gasteiger partial charge in [-0.15, -0.1) is 0 Å². The summed E-state index contributed by atoms with van der Waals surface area (Å²) in [5.74, 6) is 1.08. The molecule has 1 amide bonds. The molecule has 0 aliphatic heterocycles. The zero-order chi connectivity index (χ0) is 20.0. The van der Waals surface area contributed by atoms with Gasteiger partial charge in [0.25, 0.3) is 11.5 Å². The normalized spacial score (nSPS) is 25.3. The maximum atomic E-state index is 12.4. The molecule has 148 valence electrons. The summed E-state index contributed by atoms with van der Waals surface area (Å²) in [4.78, 5) is 24.4. The predicted molar refractivity (Wildman–Crippen MR) is 110 cm³/mol. The molecule has 0 atom stereocenters. The summed E-state index contributed by atoms with van der Waals surface area (Å²) in [6.45, 7) is 0. The van der Waals surface area contributed by atoms with Crippen molar-refractivity contribution in [2.24, 2.45) is 5.41 Å². The van der Waals surface area contributed by atoms with E-state index in [-0.39, 0.29) is 17.5 Å².